The Morgan fingerprint density at radius 2 is 1.79 bits per heavy atom. The van der Waals surface area contributed by atoms with Gasteiger partial charge in [0.25, 0.3) is 0 Å². The Balaban J connectivity index is 1.34. The third-order valence-corrected chi connectivity index (χ3v) is 5.91. The standard InChI is InChI=1S/C22H23FN4OS/c23-18-6-8-19(9-7-18)27-13-11-26(12-14-27)16-20(28)25-21(22-24-10-15-29-22)17-4-2-1-3-5-17/h1-10,15,21H,11-14,16H2,(H,25,28). The van der Waals surface area contributed by atoms with Gasteiger partial charge in [0.05, 0.1) is 6.54 Å². The van der Waals surface area contributed by atoms with Crippen molar-refractivity contribution in [2.75, 3.05) is 37.6 Å². The summed E-state index contributed by atoms with van der Waals surface area (Å²) in [5.41, 5.74) is 2.04. The van der Waals surface area contributed by atoms with Crippen molar-refractivity contribution < 1.29 is 9.18 Å². The Labute approximate surface area is 173 Å². The number of rotatable bonds is 6. The van der Waals surface area contributed by atoms with Crippen molar-refractivity contribution in [3.63, 3.8) is 0 Å². The maximum Gasteiger partial charge on any atom is 0.235 e. The largest absolute Gasteiger partial charge is 0.369 e. The van der Waals surface area contributed by atoms with E-state index in [4.69, 9.17) is 0 Å². The Morgan fingerprint density at radius 1 is 1.07 bits per heavy atom. The molecule has 1 fully saturated rings. The molecule has 0 aliphatic carbocycles. The fourth-order valence-corrected chi connectivity index (χ4v) is 4.25. The normalized spacial score (nSPS) is 15.8. The minimum Gasteiger partial charge on any atom is -0.369 e. The van der Waals surface area contributed by atoms with Gasteiger partial charge in [-0.3, -0.25) is 9.69 Å². The van der Waals surface area contributed by atoms with Crippen molar-refractivity contribution in [2.24, 2.45) is 0 Å². The fourth-order valence-electron chi connectivity index (χ4n) is 3.54. The zero-order valence-electron chi connectivity index (χ0n) is 16.0. The Bertz CT molecular complexity index is 910. The number of hydrogen-bond acceptors (Lipinski definition) is 5. The molecule has 7 heteroatoms. The molecule has 1 aromatic heterocycles. The summed E-state index contributed by atoms with van der Waals surface area (Å²) in [7, 11) is 0. The highest BCUT2D eigenvalue weighted by molar-refractivity contribution is 7.09. The van der Waals surface area contributed by atoms with Gasteiger partial charge in [-0.1, -0.05) is 30.3 Å². The lowest BCUT2D eigenvalue weighted by Crippen LogP contribution is -2.49. The van der Waals surface area contributed by atoms with Gasteiger partial charge >= 0.3 is 0 Å². The van der Waals surface area contributed by atoms with Crippen LogP contribution >= 0.6 is 11.3 Å². The number of piperazine rings is 1. The number of nitrogens with one attached hydrogen (secondary N) is 1. The number of anilines is 1. The van der Waals surface area contributed by atoms with Crippen LogP contribution in [0.5, 0.6) is 0 Å². The van der Waals surface area contributed by atoms with E-state index in [1.165, 1.54) is 12.1 Å². The van der Waals surface area contributed by atoms with Crippen molar-refractivity contribution in [3.05, 3.63) is 82.6 Å². The first kappa shape index (κ1) is 19.5. The molecule has 0 saturated carbocycles. The van der Waals surface area contributed by atoms with Crippen LogP contribution in [0.4, 0.5) is 10.1 Å². The van der Waals surface area contributed by atoms with Gasteiger partial charge in [0.15, 0.2) is 0 Å². The lowest BCUT2D eigenvalue weighted by atomic mass is 10.1. The summed E-state index contributed by atoms with van der Waals surface area (Å²) in [5.74, 6) is -0.235. The van der Waals surface area contributed by atoms with Crippen LogP contribution in [-0.2, 0) is 4.79 Å². The molecule has 2 aromatic carbocycles. The zero-order chi connectivity index (χ0) is 20.1. The molecule has 1 aliphatic rings. The smallest absolute Gasteiger partial charge is 0.235 e. The Morgan fingerprint density at radius 3 is 2.45 bits per heavy atom. The summed E-state index contributed by atoms with van der Waals surface area (Å²) in [6.45, 7) is 3.56. The number of hydrogen-bond donors (Lipinski definition) is 1. The molecular weight excluding hydrogens is 387 g/mol. The first-order chi connectivity index (χ1) is 14.2. The predicted molar refractivity (Wildman–Crippen MR) is 114 cm³/mol. The summed E-state index contributed by atoms with van der Waals surface area (Å²) >= 11 is 1.54. The van der Waals surface area contributed by atoms with Crippen LogP contribution in [-0.4, -0.2) is 48.5 Å². The van der Waals surface area contributed by atoms with E-state index >= 15 is 0 Å². The van der Waals surface area contributed by atoms with Gasteiger partial charge < -0.3 is 10.2 Å². The monoisotopic (exact) mass is 410 g/mol. The second kappa shape index (κ2) is 9.15. The van der Waals surface area contributed by atoms with E-state index in [0.29, 0.717) is 6.54 Å². The molecule has 0 radical (unpaired) electrons. The van der Waals surface area contributed by atoms with Crippen molar-refractivity contribution in [2.45, 2.75) is 6.04 Å². The first-order valence-corrected chi connectivity index (χ1v) is 10.5. The van der Waals surface area contributed by atoms with Gasteiger partial charge in [-0.2, -0.15) is 0 Å². The Hall–Kier alpha value is -2.77. The molecule has 5 nitrogen and oxygen atoms in total. The third-order valence-electron chi connectivity index (χ3n) is 5.07. The summed E-state index contributed by atoms with van der Waals surface area (Å²) in [5, 5.41) is 5.95. The minimum absolute atomic E-state index is 0.00992. The summed E-state index contributed by atoms with van der Waals surface area (Å²) < 4.78 is 13.1. The molecule has 1 saturated heterocycles. The number of carbonyl (C=O) groups excluding carboxylic acids is 1. The lowest BCUT2D eigenvalue weighted by molar-refractivity contribution is -0.122. The maximum absolute atomic E-state index is 13.1. The number of benzene rings is 2. The van der Waals surface area contributed by atoms with Crippen LogP contribution in [0.3, 0.4) is 0 Å². The minimum atomic E-state index is -0.232. The van der Waals surface area contributed by atoms with E-state index in [1.807, 2.05) is 35.7 Å². The van der Waals surface area contributed by atoms with Crippen LogP contribution in [0.1, 0.15) is 16.6 Å². The molecular formula is C22H23FN4OS. The molecule has 0 spiro atoms. The number of aromatic nitrogens is 1. The molecule has 1 aliphatic heterocycles. The van der Waals surface area contributed by atoms with Crippen LogP contribution < -0.4 is 10.2 Å². The maximum atomic E-state index is 13.1. The van der Waals surface area contributed by atoms with E-state index in [1.54, 1.807) is 29.7 Å². The van der Waals surface area contributed by atoms with Crippen LogP contribution in [0.2, 0.25) is 0 Å². The topological polar surface area (TPSA) is 48.5 Å². The van der Waals surface area contributed by atoms with Crippen molar-refractivity contribution in [3.8, 4) is 0 Å². The summed E-state index contributed by atoms with van der Waals surface area (Å²) in [4.78, 5) is 21.5. The van der Waals surface area contributed by atoms with Gasteiger partial charge in [-0.15, -0.1) is 11.3 Å². The van der Waals surface area contributed by atoms with Gasteiger partial charge in [0.2, 0.25) is 5.91 Å². The van der Waals surface area contributed by atoms with E-state index < -0.39 is 0 Å². The van der Waals surface area contributed by atoms with E-state index in [0.717, 1.165) is 42.4 Å². The van der Waals surface area contributed by atoms with Gasteiger partial charge in [-0.25, -0.2) is 9.37 Å². The quantitative estimate of drug-likeness (QED) is 0.677. The number of amides is 1. The number of carbonyl (C=O) groups is 1. The van der Waals surface area contributed by atoms with Crippen LogP contribution in [0.15, 0.2) is 66.2 Å². The summed E-state index contributed by atoms with van der Waals surface area (Å²) in [6, 6.07) is 16.3. The highest BCUT2D eigenvalue weighted by Crippen LogP contribution is 2.23. The number of thiazole rings is 1. The van der Waals surface area contributed by atoms with E-state index in [9.17, 15) is 9.18 Å². The van der Waals surface area contributed by atoms with E-state index in [-0.39, 0.29) is 17.8 Å². The molecule has 1 N–H and O–H groups in total. The van der Waals surface area contributed by atoms with Crippen molar-refractivity contribution in [1.29, 1.82) is 0 Å². The molecule has 29 heavy (non-hydrogen) atoms. The molecule has 0 bridgehead atoms. The fraction of sp³-hybridized carbons (Fsp3) is 0.273. The summed E-state index contributed by atoms with van der Waals surface area (Å²) in [6.07, 6.45) is 1.76. The van der Waals surface area contributed by atoms with Gasteiger partial charge in [0.1, 0.15) is 16.9 Å². The third kappa shape index (κ3) is 4.99. The number of halogens is 1. The van der Waals surface area contributed by atoms with Crippen LogP contribution in [0, 0.1) is 5.82 Å². The zero-order valence-corrected chi connectivity index (χ0v) is 16.8. The first-order valence-electron chi connectivity index (χ1n) is 9.65. The Kier molecular flexibility index (Phi) is 6.17. The number of nitrogens with zero attached hydrogens (tertiary/aromatic N) is 3. The molecule has 150 valence electrons. The average Bonchev–Trinajstić information content (AvgIpc) is 3.28. The average molecular weight is 411 g/mol. The molecule has 2 heterocycles. The molecule has 1 unspecified atom stereocenters. The van der Waals surface area contributed by atoms with Crippen molar-refractivity contribution in [1.82, 2.24) is 15.2 Å². The van der Waals surface area contributed by atoms with Gasteiger partial charge in [-0.05, 0) is 29.8 Å². The highest BCUT2D eigenvalue weighted by Gasteiger charge is 2.23. The van der Waals surface area contributed by atoms with Crippen LogP contribution in [0.25, 0.3) is 0 Å². The molecule has 1 amide bonds. The second-order valence-corrected chi connectivity index (χ2v) is 7.95. The predicted octanol–water partition coefficient (Wildman–Crippen LogP) is 3.31. The molecule has 1 atom stereocenters. The SMILES string of the molecule is O=C(CN1CCN(c2ccc(F)cc2)CC1)NC(c1ccccc1)c1nccs1. The van der Waals surface area contributed by atoms with Crippen molar-refractivity contribution >= 4 is 22.9 Å². The highest BCUT2D eigenvalue weighted by atomic mass is 32.1. The molecule has 3 aromatic rings. The van der Waals surface area contributed by atoms with Gasteiger partial charge in [0, 0.05) is 43.4 Å². The lowest BCUT2D eigenvalue weighted by Gasteiger charge is -2.36. The second-order valence-electron chi connectivity index (χ2n) is 7.02. The molecule has 4 rings (SSSR count). The van der Waals surface area contributed by atoms with E-state index in [2.05, 4.69) is 20.1 Å².